The van der Waals surface area contributed by atoms with Crippen LogP contribution in [0.3, 0.4) is 0 Å². The Morgan fingerprint density at radius 3 is 2.39 bits per heavy atom. The lowest BCUT2D eigenvalue weighted by molar-refractivity contribution is 0.0159. The van der Waals surface area contributed by atoms with E-state index in [1.807, 2.05) is 0 Å². The summed E-state index contributed by atoms with van der Waals surface area (Å²) in [5.41, 5.74) is 6.01. The van der Waals surface area contributed by atoms with Gasteiger partial charge in [0.25, 0.3) is 5.92 Å². The van der Waals surface area contributed by atoms with Crippen molar-refractivity contribution in [3.63, 3.8) is 0 Å². The summed E-state index contributed by atoms with van der Waals surface area (Å²) in [7, 11) is 0. The quantitative estimate of drug-likeness (QED) is 0.901. The SMILES string of the molecule is CC(F)(F)c1cc2c(cc1CCCN)OCCO2. The van der Waals surface area contributed by atoms with Crippen LogP contribution in [0.15, 0.2) is 12.1 Å². The summed E-state index contributed by atoms with van der Waals surface area (Å²) in [6.07, 6.45) is 1.19. The fourth-order valence-corrected chi connectivity index (χ4v) is 2.04. The number of halogens is 2. The summed E-state index contributed by atoms with van der Waals surface area (Å²) in [6.45, 7) is 2.21. The highest BCUT2D eigenvalue weighted by molar-refractivity contribution is 5.49. The molecule has 1 aromatic carbocycles. The predicted molar refractivity (Wildman–Crippen MR) is 64.4 cm³/mol. The molecule has 2 rings (SSSR count). The van der Waals surface area contributed by atoms with Crippen molar-refractivity contribution in [1.82, 2.24) is 0 Å². The molecule has 0 unspecified atom stereocenters. The Hall–Kier alpha value is -1.36. The largest absolute Gasteiger partial charge is 0.486 e. The second-order valence-corrected chi connectivity index (χ2v) is 4.43. The highest BCUT2D eigenvalue weighted by Crippen LogP contribution is 2.39. The van der Waals surface area contributed by atoms with Crippen molar-refractivity contribution < 1.29 is 18.3 Å². The van der Waals surface area contributed by atoms with E-state index in [1.54, 1.807) is 6.07 Å². The molecule has 1 aliphatic heterocycles. The van der Waals surface area contributed by atoms with Gasteiger partial charge in [-0.25, -0.2) is 8.78 Å². The summed E-state index contributed by atoms with van der Waals surface area (Å²) in [6, 6.07) is 3.04. The summed E-state index contributed by atoms with van der Waals surface area (Å²) >= 11 is 0. The minimum Gasteiger partial charge on any atom is -0.486 e. The molecule has 0 aromatic heterocycles. The first-order valence-electron chi connectivity index (χ1n) is 6.03. The molecule has 0 saturated carbocycles. The molecule has 0 radical (unpaired) electrons. The van der Waals surface area contributed by atoms with E-state index in [-0.39, 0.29) is 5.56 Å². The van der Waals surface area contributed by atoms with Crippen LogP contribution < -0.4 is 15.2 Å². The Balaban J connectivity index is 2.41. The fourth-order valence-electron chi connectivity index (χ4n) is 2.04. The van der Waals surface area contributed by atoms with Crippen molar-refractivity contribution >= 4 is 0 Å². The van der Waals surface area contributed by atoms with Gasteiger partial charge >= 0.3 is 0 Å². The topological polar surface area (TPSA) is 44.5 Å². The number of benzene rings is 1. The van der Waals surface area contributed by atoms with Gasteiger partial charge < -0.3 is 15.2 Å². The first kappa shape index (κ1) is 13.1. The summed E-state index contributed by atoms with van der Waals surface area (Å²) in [5, 5.41) is 0. The van der Waals surface area contributed by atoms with E-state index in [9.17, 15) is 8.78 Å². The third-order valence-electron chi connectivity index (χ3n) is 2.89. The lowest BCUT2D eigenvalue weighted by atomic mass is 9.97. The molecule has 0 spiro atoms. The van der Waals surface area contributed by atoms with Crippen molar-refractivity contribution in [2.45, 2.75) is 25.7 Å². The normalized spacial score (nSPS) is 14.7. The van der Waals surface area contributed by atoms with Gasteiger partial charge in [-0.15, -0.1) is 0 Å². The van der Waals surface area contributed by atoms with Crippen LogP contribution in [0.5, 0.6) is 11.5 Å². The monoisotopic (exact) mass is 257 g/mol. The van der Waals surface area contributed by atoms with Crippen molar-refractivity contribution in [2.24, 2.45) is 5.73 Å². The van der Waals surface area contributed by atoms with Gasteiger partial charge in [0, 0.05) is 12.5 Å². The molecule has 0 atom stereocenters. The van der Waals surface area contributed by atoms with Crippen LogP contribution in [0.25, 0.3) is 0 Å². The van der Waals surface area contributed by atoms with Crippen molar-refractivity contribution in [2.75, 3.05) is 19.8 Å². The Kier molecular flexibility index (Phi) is 3.71. The van der Waals surface area contributed by atoms with E-state index in [1.165, 1.54) is 6.07 Å². The minimum atomic E-state index is -2.89. The molecule has 0 amide bonds. The van der Waals surface area contributed by atoms with E-state index in [0.29, 0.717) is 49.7 Å². The standard InChI is InChI=1S/C13H17F2NO2/c1-13(14,15)10-8-12-11(17-5-6-18-12)7-9(10)3-2-4-16/h7-8H,2-6,16H2,1H3. The van der Waals surface area contributed by atoms with E-state index < -0.39 is 5.92 Å². The van der Waals surface area contributed by atoms with E-state index in [0.717, 1.165) is 6.92 Å². The fraction of sp³-hybridized carbons (Fsp3) is 0.538. The molecule has 5 heteroatoms. The maximum Gasteiger partial charge on any atom is 0.270 e. The Morgan fingerprint density at radius 1 is 1.22 bits per heavy atom. The highest BCUT2D eigenvalue weighted by Gasteiger charge is 2.30. The second-order valence-electron chi connectivity index (χ2n) is 4.43. The molecule has 0 fully saturated rings. The first-order chi connectivity index (χ1) is 8.52. The molecule has 0 aliphatic carbocycles. The van der Waals surface area contributed by atoms with Crippen LogP contribution >= 0.6 is 0 Å². The van der Waals surface area contributed by atoms with Gasteiger partial charge in [-0.3, -0.25) is 0 Å². The van der Waals surface area contributed by atoms with Crippen molar-refractivity contribution in [3.05, 3.63) is 23.3 Å². The van der Waals surface area contributed by atoms with Crippen LogP contribution in [0.2, 0.25) is 0 Å². The smallest absolute Gasteiger partial charge is 0.270 e. The van der Waals surface area contributed by atoms with Gasteiger partial charge in [-0.2, -0.15) is 0 Å². The minimum absolute atomic E-state index is 0.000185. The van der Waals surface area contributed by atoms with Crippen LogP contribution in [0, 0.1) is 0 Å². The molecule has 1 aromatic rings. The summed E-state index contributed by atoms with van der Waals surface area (Å²) in [4.78, 5) is 0. The number of rotatable bonds is 4. The zero-order chi connectivity index (χ0) is 13.2. The Labute approximate surface area is 105 Å². The average Bonchev–Trinajstić information content (AvgIpc) is 2.34. The molecule has 100 valence electrons. The second kappa shape index (κ2) is 5.10. The molecule has 0 bridgehead atoms. The molecular formula is C13H17F2NO2. The van der Waals surface area contributed by atoms with E-state index in [4.69, 9.17) is 15.2 Å². The zero-order valence-electron chi connectivity index (χ0n) is 10.3. The predicted octanol–water partition coefficient (Wildman–Crippen LogP) is 2.46. The van der Waals surface area contributed by atoms with Gasteiger partial charge in [-0.05, 0) is 37.1 Å². The number of fused-ring (bicyclic) bond motifs is 1. The number of ether oxygens (including phenoxy) is 2. The van der Waals surface area contributed by atoms with Gasteiger partial charge in [-0.1, -0.05) is 0 Å². The number of hydrogen-bond donors (Lipinski definition) is 1. The number of aryl methyl sites for hydroxylation is 1. The molecule has 1 heterocycles. The zero-order valence-corrected chi connectivity index (χ0v) is 10.3. The van der Waals surface area contributed by atoms with Crippen LogP contribution in [0.1, 0.15) is 24.5 Å². The van der Waals surface area contributed by atoms with Gasteiger partial charge in [0.05, 0.1) is 0 Å². The first-order valence-corrected chi connectivity index (χ1v) is 6.03. The van der Waals surface area contributed by atoms with Crippen LogP contribution in [0.4, 0.5) is 8.78 Å². The van der Waals surface area contributed by atoms with Crippen LogP contribution in [-0.4, -0.2) is 19.8 Å². The van der Waals surface area contributed by atoms with Gasteiger partial charge in [0.15, 0.2) is 11.5 Å². The highest BCUT2D eigenvalue weighted by atomic mass is 19.3. The Bertz CT molecular complexity index is 430. The Morgan fingerprint density at radius 2 is 1.83 bits per heavy atom. The number of nitrogens with two attached hydrogens (primary N) is 1. The maximum atomic E-state index is 13.6. The maximum absolute atomic E-state index is 13.6. The van der Waals surface area contributed by atoms with Crippen molar-refractivity contribution in [3.8, 4) is 11.5 Å². The average molecular weight is 257 g/mol. The summed E-state index contributed by atoms with van der Waals surface area (Å²) < 4.78 is 37.9. The van der Waals surface area contributed by atoms with E-state index in [2.05, 4.69) is 0 Å². The number of hydrogen-bond acceptors (Lipinski definition) is 3. The van der Waals surface area contributed by atoms with Gasteiger partial charge in [0.1, 0.15) is 13.2 Å². The summed E-state index contributed by atoms with van der Waals surface area (Å²) in [5.74, 6) is -1.95. The van der Waals surface area contributed by atoms with E-state index >= 15 is 0 Å². The third kappa shape index (κ3) is 2.72. The molecule has 3 nitrogen and oxygen atoms in total. The molecule has 18 heavy (non-hydrogen) atoms. The molecule has 0 saturated heterocycles. The molecule has 2 N–H and O–H groups in total. The van der Waals surface area contributed by atoms with Crippen molar-refractivity contribution in [1.29, 1.82) is 0 Å². The molecular weight excluding hydrogens is 240 g/mol. The van der Waals surface area contributed by atoms with Crippen LogP contribution in [-0.2, 0) is 12.3 Å². The number of alkyl halides is 2. The molecule has 1 aliphatic rings. The lowest BCUT2D eigenvalue weighted by Crippen LogP contribution is -2.18. The van der Waals surface area contributed by atoms with Gasteiger partial charge in [0.2, 0.25) is 0 Å². The lowest BCUT2D eigenvalue weighted by Gasteiger charge is -2.23. The third-order valence-corrected chi connectivity index (χ3v) is 2.89.